The molecule has 0 aliphatic carbocycles. The molecule has 0 bridgehead atoms. The average molecular weight is 287 g/mol. The third-order valence-corrected chi connectivity index (χ3v) is 3.99. The van der Waals surface area contributed by atoms with E-state index in [0.29, 0.717) is 17.1 Å². The molecular weight excluding hydrogens is 270 g/mol. The molecule has 3 rings (SSSR count). The zero-order chi connectivity index (χ0) is 14.8. The monoisotopic (exact) mass is 287 g/mol. The number of rotatable bonds is 3. The highest BCUT2D eigenvalue weighted by atomic mass is 16.6. The van der Waals surface area contributed by atoms with Gasteiger partial charge in [0.2, 0.25) is 0 Å². The third kappa shape index (κ3) is 2.67. The first-order valence-corrected chi connectivity index (χ1v) is 7.05. The predicted molar refractivity (Wildman–Crippen MR) is 79.5 cm³/mol. The minimum atomic E-state index is -0.390. The second-order valence-corrected chi connectivity index (χ2v) is 5.39. The molecule has 1 aromatic heterocycles. The fourth-order valence-electron chi connectivity index (χ4n) is 2.69. The van der Waals surface area contributed by atoms with Crippen molar-refractivity contribution in [2.75, 3.05) is 13.1 Å². The van der Waals surface area contributed by atoms with Crippen LogP contribution >= 0.6 is 0 Å². The maximum Gasteiger partial charge on any atom is 0.279 e. The first-order chi connectivity index (χ1) is 10.2. The van der Waals surface area contributed by atoms with E-state index in [1.165, 1.54) is 12.3 Å². The highest BCUT2D eigenvalue weighted by Gasteiger charge is 2.24. The highest BCUT2D eigenvalue weighted by molar-refractivity contribution is 5.94. The summed E-state index contributed by atoms with van der Waals surface area (Å²) in [5.74, 6) is 1.14. The van der Waals surface area contributed by atoms with Crippen molar-refractivity contribution in [3.63, 3.8) is 0 Å². The molecule has 110 valence electrons. The van der Waals surface area contributed by atoms with E-state index in [0.717, 1.165) is 24.9 Å². The zero-order valence-electron chi connectivity index (χ0n) is 11.8. The van der Waals surface area contributed by atoms with Crippen molar-refractivity contribution in [3.05, 3.63) is 40.7 Å². The van der Waals surface area contributed by atoms with Crippen LogP contribution in [0.2, 0.25) is 0 Å². The van der Waals surface area contributed by atoms with Gasteiger partial charge in [0.15, 0.2) is 0 Å². The summed E-state index contributed by atoms with van der Waals surface area (Å²) >= 11 is 0. The second kappa shape index (κ2) is 5.65. The number of fused-ring (bicyclic) bond motifs is 1. The van der Waals surface area contributed by atoms with Crippen LogP contribution in [0.3, 0.4) is 0 Å². The van der Waals surface area contributed by atoms with E-state index in [1.807, 2.05) is 0 Å². The molecule has 2 aromatic rings. The maximum absolute atomic E-state index is 11.1. The van der Waals surface area contributed by atoms with E-state index < -0.39 is 4.92 Å². The molecule has 1 saturated heterocycles. The minimum absolute atomic E-state index is 0.0558. The van der Waals surface area contributed by atoms with Crippen LogP contribution in [0.4, 0.5) is 5.69 Å². The molecule has 6 nitrogen and oxygen atoms in total. The third-order valence-electron chi connectivity index (χ3n) is 3.99. The summed E-state index contributed by atoms with van der Waals surface area (Å²) in [6.07, 6.45) is 4.29. The lowest BCUT2D eigenvalue weighted by Crippen LogP contribution is -2.42. The lowest BCUT2D eigenvalue weighted by molar-refractivity contribution is -0.383. The Kier molecular flexibility index (Phi) is 3.70. The maximum atomic E-state index is 11.1. The molecular formula is C15H17N3O3. The van der Waals surface area contributed by atoms with Gasteiger partial charge in [-0.25, -0.2) is 0 Å². The number of nitrogens with one attached hydrogen (secondary N) is 1. The number of ether oxygens (including phenoxy) is 1. The van der Waals surface area contributed by atoms with E-state index in [4.69, 9.17) is 4.74 Å². The summed E-state index contributed by atoms with van der Waals surface area (Å²) in [7, 11) is 0. The van der Waals surface area contributed by atoms with E-state index in [-0.39, 0.29) is 11.8 Å². The standard InChI is InChI=1S/C15H17N3O3/c1-10-4-6-17-9-15(10)21-14-3-2-13(18(19)20)12-8-16-7-5-11(12)14/h2-3,5,7-8,10,15,17H,4,6,9H2,1H3. The molecule has 21 heavy (non-hydrogen) atoms. The van der Waals surface area contributed by atoms with E-state index in [2.05, 4.69) is 17.2 Å². The molecule has 6 heteroatoms. The quantitative estimate of drug-likeness (QED) is 0.693. The first kappa shape index (κ1) is 13.8. The van der Waals surface area contributed by atoms with Crippen LogP contribution in [-0.4, -0.2) is 29.1 Å². The molecule has 1 aliphatic heterocycles. The molecule has 0 amide bonds. The fraction of sp³-hybridized carbons (Fsp3) is 0.400. The molecule has 1 aliphatic rings. The van der Waals surface area contributed by atoms with Gasteiger partial charge in [0.05, 0.1) is 10.3 Å². The van der Waals surface area contributed by atoms with Crippen molar-refractivity contribution in [2.24, 2.45) is 5.92 Å². The molecule has 0 radical (unpaired) electrons. The number of nitro benzene ring substituents is 1. The molecule has 1 aromatic carbocycles. The van der Waals surface area contributed by atoms with Gasteiger partial charge in [-0.05, 0) is 31.0 Å². The largest absolute Gasteiger partial charge is 0.488 e. The number of hydrogen-bond donors (Lipinski definition) is 1. The molecule has 2 atom stereocenters. The van der Waals surface area contributed by atoms with Crippen LogP contribution in [0, 0.1) is 16.0 Å². The SMILES string of the molecule is CC1CCNCC1Oc1ccc([N+](=O)[O-])c2cnccc12. The van der Waals surface area contributed by atoms with Crippen LogP contribution in [0.15, 0.2) is 30.6 Å². The number of hydrogen-bond acceptors (Lipinski definition) is 5. The van der Waals surface area contributed by atoms with Gasteiger partial charge in [-0.15, -0.1) is 0 Å². The van der Waals surface area contributed by atoms with Gasteiger partial charge >= 0.3 is 0 Å². The Balaban J connectivity index is 1.99. The van der Waals surface area contributed by atoms with Crippen LogP contribution in [0.1, 0.15) is 13.3 Å². The molecule has 1 fully saturated rings. The molecule has 2 heterocycles. The summed E-state index contributed by atoms with van der Waals surface area (Å²) in [4.78, 5) is 14.7. The Morgan fingerprint density at radius 3 is 3.00 bits per heavy atom. The molecule has 0 spiro atoms. The van der Waals surface area contributed by atoms with Crippen LogP contribution in [0.5, 0.6) is 5.75 Å². The van der Waals surface area contributed by atoms with Crippen LogP contribution < -0.4 is 10.1 Å². The van der Waals surface area contributed by atoms with Crippen molar-refractivity contribution in [3.8, 4) is 5.75 Å². The minimum Gasteiger partial charge on any atom is -0.488 e. The van der Waals surface area contributed by atoms with Crippen molar-refractivity contribution >= 4 is 16.5 Å². The Labute approximate surface area is 122 Å². The summed E-state index contributed by atoms with van der Waals surface area (Å²) in [6.45, 7) is 3.97. The Morgan fingerprint density at radius 1 is 1.38 bits per heavy atom. The van der Waals surface area contributed by atoms with Gasteiger partial charge in [0, 0.05) is 30.4 Å². The lowest BCUT2D eigenvalue weighted by Gasteiger charge is -2.30. The topological polar surface area (TPSA) is 77.3 Å². The predicted octanol–water partition coefficient (Wildman–Crippen LogP) is 2.52. The van der Waals surface area contributed by atoms with Gasteiger partial charge < -0.3 is 10.1 Å². The summed E-state index contributed by atoms with van der Waals surface area (Å²) < 4.78 is 6.10. The van der Waals surface area contributed by atoms with Crippen molar-refractivity contribution in [1.82, 2.24) is 10.3 Å². The van der Waals surface area contributed by atoms with E-state index in [9.17, 15) is 10.1 Å². The zero-order valence-corrected chi connectivity index (χ0v) is 11.8. The van der Waals surface area contributed by atoms with Gasteiger partial charge in [-0.3, -0.25) is 15.1 Å². The Hall–Kier alpha value is -2.21. The van der Waals surface area contributed by atoms with Crippen LogP contribution in [-0.2, 0) is 0 Å². The van der Waals surface area contributed by atoms with E-state index in [1.54, 1.807) is 18.3 Å². The van der Waals surface area contributed by atoms with Gasteiger partial charge in [-0.2, -0.15) is 0 Å². The smallest absolute Gasteiger partial charge is 0.279 e. The summed E-state index contributed by atoms with van der Waals surface area (Å²) in [6, 6.07) is 4.93. The number of aromatic nitrogens is 1. The number of non-ortho nitro benzene ring substituents is 1. The number of piperidine rings is 1. The van der Waals surface area contributed by atoms with Gasteiger partial charge in [0.1, 0.15) is 11.9 Å². The number of pyridine rings is 1. The molecule has 2 unspecified atom stereocenters. The molecule has 0 saturated carbocycles. The fourth-order valence-corrected chi connectivity index (χ4v) is 2.69. The number of nitrogens with zero attached hydrogens (tertiary/aromatic N) is 2. The second-order valence-electron chi connectivity index (χ2n) is 5.39. The van der Waals surface area contributed by atoms with Crippen LogP contribution in [0.25, 0.3) is 10.8 Å². The van der Waals surface area contributed by atoms with Crippen molar-refractivity contribution < 1.29 is 9.66 Å². The van der Waals surface area contributed by atoms with E-state index >= 15 is 0 Å². The molecule has 1 N–H and O–H groups in total. The summed E-state index contributed by atoms with van der Waals surface area (Å²) in [5.41, 5.74) is 0.0558. The lowest BCUT2D eigenvalue weighted by atomic mass is 9.97. The Morgan fingerprint density at radius 2 is 2.24 bits per heavy atom. The number of nitro groups is 1. The highest BCUT2D eigenvalue weighted by Crippen LogP contribution is 2.33. The number of benzene rings is 1. The van der Waals surface area contributed by atoms with Crippen molar-refractivity contribution in [1.29, 1.82) is 0 Å². The van der Waals surface area contributed by atoms with Gasteiger partial charge in [0.25, 0.3) is 5.69 Å². The first-order valence-electron chi connectivity index (χ1n) is 7.05. The summed E-state index contributed by atoms with van der Waals surface area (Å²) in [5, 5.41) is 15.7. The van der Waals surface area contributed by atoms with Crippen molar-refractivity contribution in [2.45, 2.75) is 19.4 Å². The Bertz CT molecular complexity index is 674. The normalized spacial score (nSPS) is 22.1. The average Bonchev–Trinajstić information content (AvgIpc) is 2.49. The van der Waals surface area contributed by atoms with Gasteiger partial charge in [-0.1, -0.05) is 6.92 Å².